The zero-order valence-electron chi connectivity index (χ0n) is 12.9. The molecule has 0 fully saturated rings. The molecule has 0 aromatic heterocycles. The third-order valence-electron chi connectivity index (χ3n) is 4.28. The molecule has 0 radical (unpaired) electrons. The van der Waals surface area contributed by atoms with Crippen LogP contribution in [-0.4, -0.2) is 18.5 Å². The van der Waals surface area contributed by atoms with Gasteiger partial charge in [-0.25, -0.2) is 4.99 Å². The molecule has 2 N–H and O–H groups in total. The van der Waals surface area contributed by atoms with Crippen LogP contribution in [0.5, 0.6) is 0 Å². The van der Waals surface area contributed by atoms with E-state index in [1.165, 1.54) is 36.0 Å². The van der Waals surface area contributed by atoms with E-state index in [2.05, 4.69) is 47.9 Å². The first-order valence-electron chi connectivity index (χ1n) is 8.15. The van der Waals surface area contributed by atoms with Crippen LogP contribution >= 0.6 is 0 Å². The molecule has 0 unspecified atom stereocenters. The van der Waals surface area contributed by atoms with Gasteiger partial charge in [-0.05, 0) is 55.7 Å². The van der Waals surface area contributed by atoms with Gasteiger partial charge in [-0.2, -0.15) is 0 Å². The van der Waals surface area contributed by atoms with E-state index in [1.54, 1.807) is 0 Å². The number of benzene rings is 1. The Morgan fingerprint density at radius 2 is 2.00 bits per heavy atom. The molecule has 21 heavy (non-hydrogen) atoms. The lowest BCUT2D eigenvalue weighted by molar-refractivity contribution is 0.633. The van der Waals surface area contributed by atoms with E-state index in [4.69, 9.17) is 4.99 Å². The molecular weight excluding hydrogens is 258 g/mol. The van der Waals surface area contributed by atoms with Crippen LogP contribution in [0.2, 0.25) is 0 Å². The van der Waals surface area contributed by atoms with Crippen LogP contribution < -0.4 is 10.6 Å². The van der Waals surface area contributed by atoms with Crippen molar-refractivity contribution in [2.24, 2.45) is 4.99 Å². The highest BCUT2D eigenvalue weighted by atomic mass is 15.2. The maximum absolute atomic E-state index is 4.74. The van der Waals surface area contributed by atoms with Gasteiger partial charge in [0.1, 0.15) is 0 Å². The van der Waals surface area contributed by atoms with Crippen LogP contribution in [0.4, 0.5) is 0 Å². The fourth-order valence-electron chi connectivity index (χ4n) is 3.14. The standard InChI is InChI=1S/C18H25N3/c1-2-19-18(21-17-8-3-4-9-17)20-13-14-10-11-15-6-5-7-16(15)12-14/h3-4,10-12,17H,2,5-9,13H2,1H3,(H2,19,20,21). The van der Waals surface area contributed by atoms with Gasteiger partial charge in [0.15, 0.2) is 5.96 Å². The van der Waals surface area contributed by atoms with Gasteiger partial charge in [-0.3, -0.25) is 0 Å². The molecule has 3 rings (SSSR count). The molecule has 3 heteroatoms. The van der Waals surface area contributed by atoms with Crippen molar-refractivity contribution in [3.8, 4) is 0 Å². The first-order chi connectivity index (χ1) is 10.3. The van der Waals surface area contributed by atoms with Crippen molar-refractivity contribution < 1.29 is 0 Å². The molecule has 0 spiro atoms. The summed E-state index contributed by atoms with van der Waals surface area (Å²) in [6, 6.07) is 7.36. The Morgan fingerprint density at radius 3 is 2.81 bits per heavy atom. The lowest BCUT2D eigenvalue weighted by Gasteiger charge is -2.16. The Hall–Kier alpha value is -1.77. The van der Waals surface area contributed by atoms with Gasteiger partial charge in [0.05, 0.1) is 6.54 Å². The molecule has 1 aromatic rings. The summed E-state index contributed by atoms with van der Waals surface area (Å²) in [6.45, 7) is 3.76. The lowest BCUT2D eigenvalue weighted by Crippen LogP contribution is -2.42. The minimum Gasteiger partial charge on any atom is -0.357 e. The molecule has 1 aromatic carbocycles. The molecule has 2 aliphatic carbocycles. The molecule has 0 amide bonds. The second-order valence-electron chi connectivity index (χ2n) is 5.94. The summed E-state index contributed by atoms with van der Waals surface area (Å²) in [6.07, 6.45) is 10.5. The van der Waals surface area contributed by atoms with Crippen LogP contribution in [0.25, 0.3) is 0 Å². The smallest absolute Gasteiger partial charge is 0.191 e. The van der Waals surface area contributed by atoms with Gasteiger partial charge in [-0.15, -0.1) is 0 Å². The first-order valence-corrected chi connectivity index (χ1v) is 8.15. The van der Waals surface area contributed by atoms with Crippen LogP contribution in [0.3, 0.4) is 0 Å². The average molecular weight is 283 g/mol. The van der Waals surface area contributed by atoms with E-state index in [0.717, 1.165) is 31.9 Å². The number of rotatable bonds is 4. The highest BCUT2D eigenvalue weighted by Crippen LogP contribution is 2.23. The van der Waals surface area contributed by atoms with Crippen LogP contribution in [0.1, 0.15) is 42.9 Å². The molecule has 3 nitrogen and oxygen atoms in total. The maximum Gasteiger partial charge on any atom is 0.191 e. The zero-order valence-corrected chi connectivity index (χ0v) is 12.9. The molecule has 0 atom stereocenters. The van der Waals surface area contributed by atoms with Crippen molar-refractivity contribution >= 4 is 5.96 Å². The summed E-state index contributed by atoms with van der Waals surface area (Å²) in [5.41, 5.74) is 4.38. The van der Waals surface area contributed by atoms with Gasteiger partial charge >= 0.3 is 0 Å². The highest BCUT2D eigenvalue weighted by Gasteiger charge is 2.12. The molecule has 0 saturated heterocycles. The number of aliphatic imine (C=N–C) groups is 1. The number of nitrogens with zero attached hydrogens (tertiary/aromatic N) is 1. The molecule has 0 heterocycles. The third-order valence-corrected chi connectivity index (χ3v) is 4.28. The summed E-state index contributed by atoms with van der Waals surface area (Å²) >= 11 is 0. The maximum atomic E-state index is 4.74. The van der Waals surface area contributed by atoms with Gasteiger partial charge in [0.25, 0.3) is 0 Å². The zero-order chi connectivity index (χ0) is 14.5. The minimum absolute atomic E-state index is 0.503. The Kier molecular flexibility index (Phi) is 4.59. The second kappa shape index (κ2) is 6.79. The largest absolute Gasteiger partial charge is 0.357 e. The number of fused-ring (bicyclic) bond motifs is 1. The third kappa shape index (κ3) is 3.66. The van der Waals surface area contributed by atoms with Gasteiger partial charge in [0.2, 0.25) is 0 Å². The summed E-state index contributed by atoms with van der Waals surface area (Å²) < 4.78 is 0. The van der Waals surface area contributed by atoms with Gasteiger partial charge < -0.3 is 10.6 Å². The summed E-state index contributed by atoms with van der Waals surface area (Å²) in [5, 5.41) is 6.86. The van der Waals surface area contributed by atoms with Crippen molar-refractivity contribution in [1.29, 1.82) is 0 Å². The van der Waals surface area contributed by atoms with Crippen LogP contribution in [0, 0.1) is 0 Å². The van der Waals surface area contributed by atoms with Crippen LogP contribution in [0.15, 0.2) is 35.3 Å². The summed E-state index contributed by atoms with van der Waals surface area (Å²) in [7, 11) is 0. The fraction of sp³-hybridized carbons (Fsp3) is 0.500. The molecule has 0 saturated carbocycles. The van der Waals surface area contributed by atoms with Gasteiger partial charge in [-0.1, -0.05) is 30.4 Å². The van der Waals surface area contributed by atoms with E-state index >= 15 is 0 Å². The summed E-state index contributed by atoms with van der Waals surface area (Å²) in [5.74, 6) is 0.937. The number of guanidine groups is 1. The Balaban J connectivity index is 1.63. The number of aryl methyl sites for hydroxylation is 2. The fourth-order valence-corrected chi connectivity index (χ4v) is 3.14. The first kappa shape index (κ1) is 14.2. The Morgan fingerprint density at radius 1 is 1.19 bits per heavy atom. The molecule has 0 bridgehead atoms. The van der Waals surface area contributed by atoms with E-state index in [0.29, 0.717) is 6.04 Å². The van der Waals surface area contributed by atoms with Gasteiger partial charge in [0, 0.05) is 12.6 Å². The SMILES string of the molecule is CCNC(=NCc1ccc2c(c1)CCC2)NC1CC=CC1. The number of nitrogens with one attached hydrogen (secondary N) is 2. The van der Waals surface area contributed by atoms with E-state index < -0.39 is 0 Å². The highest BCUT2D eigenvalue weighted by molar-refractivity contribution is 5.80. The quantitative estimate of drug-likeness (QED) is 0.506. The Bertz CT molecular complexity index is 537. The lowest BCUT2D eigenvalue weighted by atomic mass is 10.1. The molecule has 0 aliphatic heterocycles. The normalized spacial score (nSPS) is 18.0. The van der Waals surface area contributed by atoms with E-state index in [9.17, 15) is 0 Å². The number of hydrogen-bond donors (Lipinski definition) is 2. The molecule has 112 valence electrons. The topological polar surface area (TPSA) is 36.4 Å². The predicted octanol–water partition coefficient (Wildman–Crippen LogP) is 2.95. The average Bonchev–Trinajstić information content (AvgIpc) is 3.15. The van der Waals surface area contributed by atoms with E-state index in [-0.39, 0.29) is 0 Å². The Labute approximate surface area is 127 Å². The summed E-state index contributed by atoms with van der Waals surface area (Å²) in [4.78, 5) is 4.74. The van der Waals surface area contributed by atoms with Crippen molar-refractivity contribution in [3.05, 3.63) is 47.0 Å². The van der Waals surface area contributed by atoms with Crippen LogP contribution in [-0.2, 0) is 19.4 Å². The van der Waals surface area contributed by atoms with Crippen molar-refractivity contribution in [3.63, 3.8) is 0 Å². The van der Waals surface area contributed by atoms with Crippen molar-refractivity contribution in [2.45, 2.75) is 51.6 Å². The number of hydrogen-bond acceptors (Lipinski definition) is 1. The van der Waals surface area contributed by atoms with E-state index in [1.807, 2.05) is 0 Å². The molecule has 2 aliphatic rings. The predicted molar refractivity (Wildman–Crippen MR) is 88.6 cm³/mol. The molecular formula is C18H25N3. The minimum atomic E-state index is 0.503. The monoisotopic (exact) mass is 283 g/mol. The van der Waals surface area contributed by atoms with Crippen molar-refractivity contribution in [2.75, 3.05) is 6.54 Å². The van der Waals surface area contributed by atoms with Crippen molar-refractivity contribution in [1.82, 2.24) is 10.6 Å². The second-order valence-corrected chi connectivity index (χ2v) is 5.94.